The van der Waals surface area contributed by atoms with Crippen LogP contribution in [-0.4, -0.2) is 20.4 Å². The molecule has 0 unspecified atom stereocenters. The Kier molecular flexibility index (Phi) is 5.41. The van der Waals surface area contributed by atoms with Crippen LogP contribution in [0, 0.1) is 13.8 Å². The maximum absolute atomic E-state index is 12.4. The minimum atomic E-state index is -3.63. The van der Waals surface area contributed by atoms with Gasteiger partial charge in [-0.05, 0) is 69.2 Å². The molecule has 0 aromatic heterocycles. The molecule has 0 bridgehead atoms. The number of amides is 1. The second-order valence-electron chi connectivity index (χ2n) is 6.13. The van der Waals surface area contributed by atoms with E-state index in [1.807, 2.05) is 32.0 Å². The van der Waals surface area contributed by atoms with Gasteiger partial charge in [-0.2, -0.15) is 0 Å². The first-order valence-corrected chi connectivity index (χ1v) is 9.18. The highest BCUT2D eigenvalue weighted by atomic mass is 32.2. The van der Waals surface area contributed by atoms with Crippen LogP contribution in [0.1, 0.15) is 35.3 Å². The number of anilines is 1. The van der Waals surface area contributed by atoms with Gasteiger partial charge in [0.1, 0.15) is 0 Å². The summed E-state index contributed by atoms with van der Waals surface area (Å²) in [7, 11) is -3.63. The lowest BCUT2D eigenvalue weighted by Gasteiger charge is -2.11. The summed E-state index contributed by atoms with van der Waals surface area (Å²) in [4.78, 5) is 12.5. The van der Waals surface area contributed by atoms with E-state index in [0.29, 0.717) is 11.3 Å². The molecule has 0 radical (unpaired) electrons. The van der Waals surface area contributed by atoms with Crippen molar-refractivity contribution < 1.29 is 13.2 Å². The van der Waals surface area contributed by atoms with Gasteiger partial charge >= 0.3 is 0 Å². The summed E-state index contributed by atoms with van der Waals surface area (Å²) in [6.07, 6.45) is 0. The minimum absolute atomic E-state index is 0.0734. The SMILES string of the molecule is Cc1cc(C)cc(NC(=O)c2cccc(S(=O)(=O)NC(C)C)c2)c1. The molecule has 0 aliphatic carbocycles. The number of hydrogen-bond acceptors (Lipinski definition) is 3. The molecule has 2 N–H and O–H groups in total. The van der Waals surface area contributed by atoms with Crippen LogP contribution in [0.3, 0.4) is 0 Å². The highest BCUT2D eigenvalue weighted by Crippen LogP contribution is 2.17. The van der Waals surface area contributed by atoms with E-state index in [0.717, 1.165) is 11.1 Å². The van der Waals surface area contributed by atoms with Gasteiger partial charge in [-0.15, -0.1) is 0 Å². The van der Waals surface area contributed by atoms with Gasteiger partial charge in [0, 0.05) is 17.3 Å². The van der Waals surface area contributed by atoms with Crippen LogP contribution in [0.15, 0.2) is 47.4 Å². The van der Waals surface area contributed by atoms with E-state index in [1.54, 1.807) is 26.0 Å². The average Bonchev–Trinajstić information content (AvgIpc) is 2.45. The Hall–Kier alpha value is -2.18. The molecular formula is C18H22N2O3S. The molecule has 0 saturated heterocycles. The number of aryl methyl sites for hydroxylation is 2. The van der Waals surface area contributed by atoms with Crippen LogP contribution < -0.4 is 10.0 Å². The monoisotopic (exact) mass is 346 g/mol. The summed E-state index contributed by atoms with van der Waals surface area (Å²) in [6, 6.07) is 11.5. The second kappa shape index (κ2) is 7.15. The van der Waals surface area contributed by atoms with Crippen molar-refractivity contribution in [2.75, 3.05) is 5.32 Å². The first kappa shape index (κ1) is 18.2. The van der Waals surface area contributed by atoms with Crippen LogP contribution in [0.5, 0.6) is 0 Å². The molecule has 0 heterocycles. The van der Waals surface area contributed by atoms with Gasteiger partial charge in [0.25, 0.3) is 5.91 Å². The van der Waals surface area contributed by atoms with Gasteiger partial charge in [-0.1, -0.05) is 12.1 Å². The predicted octanol–water partition coefficient (Wildman–Crippen LogP) is 3.24. The maximum atomic E-state index is 12.4. The molecule has 2 aromatic rings. The second-order valence-corrected chi connectivity index (χ2v) is 7.85. The van der Waals surface area contributed by atoms with E-state index in [9.17, 15) is 13.2 Å². The van der Waals surface area contributed by atoms with Crippen LogP contribution >= 0.6 is 0 Å². The van der Waals surface area contributed by atoms with Crippen molar-refractivity contribution in [2.24, 2.45) is 0 Å². The van der Waals surface area contributed by atoms with Crippen LogP contribution in [0.25, 0.3) is 0 Å². The largest absolute Gasteiger partial charge is 0.322 e. The van der Waals surface area contributed by atoms with Crippen LogP contribution in [0.2, 0.25) is 0 Å². The minimum Gasteiger partial charge on any atom is -0.322 e. The van der Waals surface area contributed by atoms with Gasteiger partial charge in [0.15, 0.2) is 0 Å². The highest BCUT2D eigenvalue weighted by Gasteiger charge is 2.17. The molecule has 1 amide bonds. The number of carbonyl (C=O) groups excluding carboxylic acids is 1. The van der Waals surface area contributed by atoms with Gasteiger partial charge in [0.05, 0.1) is 4.90 Å². The lowest BCUT2D eigenvalue weighted by molar-refractivity contribution is 0.102. The van der Waals surface area contributed by atoms with E-state index < -0.39 is 10.0 Å². The molecule has 0 spiro atoms. The van der Waals surface area contributed by atoms with Gasteiger partial charge < -0.3 is 5.32 Å². The fourth-order valence-corrected chi connectivity index (χ4v) is 3.73. The Morgan fingerprint density at radius 2 is 1.62 bits per heavy atom. The van der Waals surface area contributed by atoms with Crippen molar-refractivity contribution in [3.05, 3.63) is 59.2 Å². The van der Waals surface area contributed by atoms with Crippen molar-refractivity contribution in [3.8, 4) is 0 Å². The predicted molar refractivity (Wildman–Crippen MR) is 95.8 cm³/mol. The number of benzene rings is 2. The molecule has 0 saturated carbocycles. The molecule has 2 aromatic carbocycles. The molecule has 0 aliphatic rings. The Bertz CT molecular complexity index is 838. The number of sulfonamides is 1. The third-order valence-corrected chi connectivity index (χ3v) is 4.93. The first-order valence-electron chi connectivity index (χ1n) is 7.69. The van der Waals surface area contributed by atoms with E-state index in [-0.39, 0.29) is 16.8 Å². The number of nitrogens with one attached hydrogen (secondary N) is 2. The maximum Gasteiger partial charge on any atom is 0.255 e. The first-order chi connectivity index (χ1) is 11.2. The zero-order valence-electron chi connectivity index (χ0n) is 14.3. The summed E-state index contributed by atoms with van der Waals surface area (Å²) in [6.45, 7) is 7.39. The molecule has 2 rings (SSSR count). The molecule has 24 heavy (non-hydrogen) atoms. The van der Waals surface area contributed by atoms with Gasteiger partial charge in [0.2, 0.25) is 10.0 Å². The number of carbonyl (C=O) groups is 1. The smallest absolute Gasteiger partial charge is 0.255 e. The lowest BCUT2D eigenvalue weighted by atomic mass is 10.1. The molecule has 0 atom stereocenters. The van der Waals surface area contributed by atoms with Gasteiger partial charge in [-0.3, -0.25) is 4.79 Å². The van der Waals surface area contributed by atoms with E-state index >= 15 is 0 Å². The van der Waals surface area contributed by atoms with Crippen molar-refractivity contribution in [3.63, 3.8) is 0 Å². The molecule has 0 aliphatic heterocycles. The lowest BCUT2D eigenvalue weighted by Crippen LogP contribution is -2.30. The Labute approximate surface area is 143 Å². The van der Waals surface area contributed by atoms with Crippen LogP contribution in [-0.2, 0) is 10.0 Å². The molecule has 6 heteroatoms. The standard InChI is InChI=1S/C18H22N2O3S/c1-12(2)20-24(22,23)17-7-5-6-15(11-17)18(21)19-16-9-13(3)8-14(4)10-16/h5-12,20H,1-4H3,(H,19,21). The number of hydrogen-bond donors (Lipinski definition) is 2. The highest BCUT2D eigenvalue weighted by molar-refractivity contribution is 7.89. The van der Waals surface area contributed by atoms with Crippen molar-refractivity contribution in [1.82, 2.24) is 4.72 Å². The summed E-state index contributed by atoms with van der Waals surface area (Å²) >= 11 is 0. The van der Waals surface area contributed by atoms with Crippen molar-refractivity contribution >= 4 is 21.6 Å². The zero-order valence-corrected chi connectivity index (χ0v) is 15.1. The van der Waals surface area contributed by atoms with E-state index in [2.05, 4.69) is 10.0 Å². The van der Waals surface area contributed by atoms with E-state index in [4.69, 9.17) is 0 Å². The molecule has 128 valence electrons. The number of rotatable bonds is 5. The van der Waals surface area contributed by atoms with Gasteiger partial charge in [-0.25, -0.2) is 13.1 Å². The Morgan fingerprint density at radius 3 is 2.21 bits per heavy atom. The quantitative estimate of drug-likeness (QED) is 0.873. The molecular weight excluding hydrogens is 324 g/mol. The summed E-state index contributed by atoms with van der Waals surface area (Å²) in [5, 5.41) is 2.81. The Balaban J connectivity index is 2.26. The molecule has 5 nitrogen and oxygen atoms in total. The summed E-state index contributed by atoms with van der Waals surface area (Å²) in [5.41, 5.74) is 3.07. The summed E-state index contributed by atoms with van der Waals surface area (Å²) < 4.78 is 27.0. The normalized spacial score (nSPS) is 11.5. The van der Waals surface area contributed by atoms with Crippen molar-refractivity contribution in [2.45, 2.75) is 38.6 Å². The summed E-state index contributed by atoms with van der Waals surface area (Å²) in [5.74, 6) is -0.346. The van der Waals surface area contributed by atoms with Crippen LogP contribution in [0.4, 0.5) is 5.69 Å². The third-order valence-electron chi connectivity index (χ3n) is 3.28. The fourth-order valence-electron chi connectivity index (χ4n) is 2.43. The third kappa shape index (κ3) is 4.66. The molecule has 0 fully saturated rings. The van der Waals surface area contributed by atoms with Crippen molar-refractivity contribution in [1.29, 1.82) is 0 Å². The average molecular weight is 346 g/mol. The topological polar surface area (TPSA) is 75.3 Å². The van der Waals surface area contributed by atoms with E-state index in [1.165, 1.54) is 12.1 Å². The Morgan fingerprint density at radius 1 is 1.00 bits per heavy atom. The zero-order chi connectivity index (χ0) is 17.9. The fraction of sp³-hybridized carbons (Fsp3) is 0.278.